The molecule has 1 atom stereocenters. The Morgan fingerprint density at radius 2 is 1.53 bits per heavy atom. The summed E-state index contributed by atoms with van der Waals surface area (Å²) in [4.78, 5) is 18.7. The number of rotatable bonds is 8. The van der Waals surface area contributed by atoms with Gasteiger partial charge in [-0.2, -0.15) is 20.1 Å². The average Bonchev–Trinajstić information content (AvgIpc) is 2.86. The highest BCUT2D eigenvalue weighted by atomic mass is 16.5. The molecule has 0 unspecified atom stereocenters. The topological polar surface area (TPSA) is 78.8 Å². The number of hydrazone groups is 1. The number of nitrogens with one attached hydrogen (secondary N) is 1. The first kappa shape index (κ1) is 22.3. The van der Waals surface area contributed by atoms with E-state index in [1.807, 2.05) is 24.3 Å². The van der Waals surface area contributed by atoms with Gasteiger partial charge in [-0.25, -0.2) is 5.43 Å². The second kappa shape index (κ2) is 11.1. The van der Waals surface area contributed by atoms with Gasteiger partial charge < -0.3 is 14.5 Å². The fourth-order valence-electron chi connectivity index (χ4n) is 4.03. The quantitative estimate of drug-likeness (QED) is 0.482. The molecule has 2 aromatic rings. The maximum absolute atomic E-state index is 6.02. The molecule has 2 saturated heterocycles. The molecule has 0 bridgehead atoms. The number of nitrogens with zero attached hydrogens (tertiary/aromatic N) is 6. The molecule has 2 aliphatic heterocycles. The number of ether oxygens (including phenoxy) is 1. The van der Waals surface area contributed by atoms with Crippen LogP contribution in [0.2, 0.25) is 0 Å². The van der Waals surface area contributed by atoms with Gasteiger partial charge in [-0.1, -0.05) is 19.1 Å². The van der Waals surface area contributed by atoms with Gasteiger partial charge in [0, 0.05) is 31.7 Å². The molecular weight excluding hydrogens is 402 g/mol. The van der Waals surface area contributed by atoms with E-state index in [2.05, 4.69) is 44.1 Å². The van der Waals surface area contributed by atoms with Crippen LogP contribution in [-0.4, -0.2) is 53.4 Å². The van der Waals surface area contributed by atoms with Crippen molar-refractivity contribution in [1.82, 2.24) is 15.0 Å². The van der Waals surface area contributed by atoms with Crippen molar-refractivity contribution in [2.75, 3.05) is 41.4 Å². The molecule has 32 heavy (non-hydrogen) atoms. The van der Waals surface area contributed by atoms with Crippen molar-refractivity contribution >= 4 is 24.1 Å². The van der Waals surface area contributed by atoms with Gasteiger partial charge in [0.15, 0.2) is 0 Å². The fraction of sp³-hybridized carbons (Fsp3) is 0.583. The first-order valence-corrected chi connectivity index (χ1v) is 12.0. The molecule has 0 saturated carbocycles. The Morgan fingerprint density at radius 3 is 2.12 bits per heavy atom. The third-order valence-electron chi connectivity index (χ3n) is 6.08. The van der Waals surface area contributed by atoms with Crippen molar-refractivity contribution in [3.63, 3.8) is 0 Å². The summed E-state index contributed by atoms with van der Waals surface area (Å²) >= 11 is 0. The van der Waals surface area contributed by atoms with E-state index in [0.717, 1.165) is 55.8 Å². The Morgan fingerprint density at radius 1 is 0.938 bits per heavy atom. The summed E-state index contributed by atoms with van der Waals surface area (Å²) in [6, 6.07) is 7.93. The van der Waals surface area contributed by atoms with Gasteiger partial charge in [-0.05, 0) is 64.0 Å². The molecule has 172 valence electrons. The minimum absolute atomic E-state index is 0.153. The fourth-order valence-corrected chi connectivity index (χ4v) is 4.03. The number of anilines is 3. The standard InChI is InChI=1S/C24H35N7O/c1-3-19(2)32-21-13-7-6-12-20(21)18-25-29-22-26-23(30-14-8-4-9-15-30)28-24(27-22)31-16-10-5-11-17-31/h6-7,12-13,18-19H,3-5,8-11,14-17H2,1-2H3,(H,26,27,28,29)/b25-18-/t19-/m0/s1. The van der Waals surface area contributed by atoms with E-state index in [1.54, 1.807) is 6.21 Å². The smallest absolute Gasteiger partial charge is 0.250 e. The molecular formula is C24H35N7O. The lowest BCUT2D eigenvalue weighted by Crippen LogP contribution is -2.34. The summed E-state index contributed by atoms with van der Waals surface area (Å²) in [7, 11) is 0. The maximum atomic E-state index is 6.02. The largest absolute Gasteiger partial charge is 0.490 e. The normalized spacial score (nSPS) is 18.1. The third kappa shape index (κ3) is 5.87. The Kier molecular flexibility index (Phi) is 7.74. The van der Waals surface area contributed by atoms with Gasteiger partial charge in [0.25, 0.3) is 0 Å². The van der Waals surface area contributed by atoms with Crippen LogP contribution in [0.25, 0.3) is 0 Å². The monoisotopic (exact) mass is 437 g/mol. The molecule has 4 rings (SSSR count). The molecule has 3 heterocycles. The molecule has 1 aromatic heterocycles. The third-order valence-corrected chi connectivity index (χ3v) is 6.08. The Labute approximate surface area is 191 Å². The number of para-hydroxylation sites is 1. The van der Waals surface area contributed by atoms with Crippen LogP contribution in [0.3, 0.4) is 0 Å². The van der Waals surface area contributed by atoms with Gasteiger partial charge >= 0.3 is 0 Å². The lowest BCUT2D eigenvalue weighted by atomic mass is 10.1. The highest BCUT2D eigenvalue weighted by molar-refractivity contribution is 5.83. The van der Waals surface area contributed by atoms with Crippen LogP contribution in [0.15, 0.2) is 29.4 Å². The molecule has 0 spiro atoms. The van der Waals surface area contributed by atoms with Crippen LogP contribution >= 0.6 is 0 Å². The Hall–Kier alpha value is -2.90. The molecule has 8 heteroatoms. The lowest BCUT2D eigenvalue weighted by molar-refractivity contribution is 0.217. The van der Waals surface area contributed by atoms with E-state index < -0.39 is 0 Å². The minimum atomic E-state index is 0.153. The maximum Gasteiger partial charge on any atom is 0.250 e. The van der Waals surface area contributed by atoms with Crippen molar-refractivity contribution in [1.29, 1.82) is 0 Å². The summed E-state index contributed by atoms with van der Waals surface area (Å²) in [5.41, 5.74) is 3.96. The predicted octanol–water partition coefficient (Wildman–Crippen LogP) is 4.48. The van der Waals surface area contributed by atoms with Crippen LogP contribution in [0, 0.1) is 0 Å². The van der Waals surface area contributed by atoms with Crippen molar-refractivity contribution in [2.45, 2.75) is 64.9 Å². The van der Waals surface area contributed by atoms with Crippen molar-refractivity contribution < 1.29 is 4.74 Å². The molecule has 1 aromatic carbocycles. The van der Waals surface area contributed by atoms with Crippen LogP contribution < -0.4 is 20.0 Å². The number of benzene rings is 1. The molecule has 1 N–H and O–H groups in total. The number of hydrogen-bond donors (Lipinski definition) is 1. The second-order valence-corrected chi connectivity index (χ2v) is 8.60. The van der Waals surface area contributed by atoms with Gasteiger partial charge in [-0.15, -0.1) is 0 Å². The summed E-state index contributed by atoms with van der Waals surface area (Å²) in [5, 5.41) is 4.43. The zero-order valence-corrected chi connectivity index (χ0v) is 19.3. The summed E-state index contributed by atoms with van der Waals surface area (Å²) in [6.07, 6.45) is 10.1. The summed E-state index contributed by atoms with van der Waals surface area (Å²) < 4.78 is 6.02. The predicted molar refractivity (Wildman–Crippen MR) is 130 cm³/mol. The SMILES string of the molecule is CC[C@H](C)Oc1ccccc1/C=N\Nc1nc(N2CCCCC2)nc(N2CCCCC2)n1. The Bertz CT molecular complexity index is 855. The Balaban J connectivity index is 1.53. The second-order valence-electron chi connectivity index (χ2n) is 8.60. The number of hydrogen-bond acceptors (Lipinski definition) is 8. The molecule has 0 aliphatic carbocycles. The van der Waals surface area contributed by atoms with Gasteiger partial charge in [0.1, 0.15) is 5.75 Å². The van der Waals surface area contributed by atoms with Crippen LogP contribution in [0.1, 0.15) is 64.4 Å². The average molecular weight is 438 g/mol. The molecule has 2 aliphatic rings. The van der Waals surface area contributed by atoms with Crippen LogP contribution in [0.4, 0.5) is 17.8 Å². The van der Waals surface area contributed by atoms with E-state index in [9.17, 15) is 0 Å². The first-order valence-electron chi connectivity index (χ1n) is 12.0. The highest BCUT2D eigenvalue weighted by Crippen LogP contribution is 2.23. The number of aromatic nitrogens is 3. The van der Waals surface area contributed by atoms with Crippen molar-refractivity contribution in [3.8, 4) is 5.75 Å². The van der Waals surface area contributed by atoms with E-state index in [0.29, 0.717) is 5.95 Å². The van der Waals surface area contributed by atoms with E-state index in [-0.39, 0.29) is 6.10 Å². The summed E-state index contributed by atoms with van der Waals surface area (Å²) in [6.45, 7) is 8.16. The molecule has 2 fully saturated rings. The molecule has 0 radical (unpaired) electrons. The summed E-state index contributed by atoms with van der Waals surface area (Å²) in [5.74, 6) is 2.81. The highest BCUT2D eigenvalue weighted by Gasteiger charge is 2.20. The lowest BCUT2D eigenvalue weighted by Gasteiger charge is -2.30. The van der Waals surface area contributed by atoms with Gasteiger partial charge in [0.05, 0.1) is 12.3 Å². The zero-order chi connectivity index (χ0) is 22.2. The van der Waals surface area contributed by atoms with Crippen molar-refractivity contribution in [2.24, 2.45) is 5.10 Å². The van der Waals surface area contributed by atoms with Gasteiger partial charge in [0.2, 0.25) is 17.8 Å². The van der Waals surface area contributed by atoms with Gasteiger partial charge in [-0.3, -0.25) is 0 Å². The number of piperidine rings is 2. The van der Waals surface area contributed by atoms with E-state index >= 15 is 0 Å². The van der Waals surface area contributed by atoms with Crippen LogP contribution in [0.5, 0.6) is 5.75 Å². The first-order chi connectivity index (χ1) is 15.7. The van der Waals surface area contributed by atoms with Crippen molar-refractivity contribution in [3.05, 3.63) is 29.8 Å². The molecule has 0 amide bonds. The molecule has 8 nitrogen and oxygen atoms in total. The van der Waals surface area contributed by atoms with Crippen LogP contribution in [-0.2, 0) is 0 Å². The van der Waals surface area contributed by atoms with E-state index in [1.165, 1.54) is 38.5 Å². The zero-order valence-electron chi connectivity index (χ0n) is 19.3. The van der Waals surface area contributed by atoms with E-state index in [4.69, 9.17) is 9.72 Å². The minimum Gasteiger partial charge on any atom is -0.490 e.